The molecule has 0 spiro atoms. The lowest BCUT2D eigenvalue weighted by Gasteiger charge is -2.04. The largest absolute Gasteiger partial charge is 0.476 e. The average molecular weight is 255 g/mol. The molecule has 0 saturated heterocycles. The fraction of sp³-hybridized carbons (Fsp3) is 0.0833. The van der Waals surface area contributed by atoms with Crippen LogP contribution in [0.15, 0.2) is 53.1 Å². The van der Waals surface area contributed by atoms with E-state index in [9.17, 15) is 0 Å². The van der Waals surface area contributed by atoms with Crippen molar-refractivity contribution in [2.75, 3.05) is 0 Å². The molecule has 1 aromatic heterocycles. The number of benzene rings is 1. The van der Waals surface area contributed by atoms with Gasteiger partial charge in [0.15, 0.2) is 5.76 Å². The van der Waals surface area contributed by atoms with E-state index in [1.54, 1.807) is 18.4 Å². The van der Waals surface area contributed by atoms with Gasteiger partial charge in [-0.25, -0.2) is 0 Å². The van der Waals surface area contributed by atoms with Crippen molar-refractivity contribution in [3.63, 3.8) is 0 Å². The molecule has 4 heteroatoms. The van der Waals surface area contributed by atoms with Gasteiger partial charge in [0.2, 0.25) is 5.05 Å². The number of rotatable bonds is 3. The second-order valence-corrected chi connectivity index (χ2v) is 3.41. The van der Waals surface area contributed by atoms with E-state index in [-0.39, 0.29) is 12.4 Å². The molecule has 0 aliphatic heterocycles. The Hall–Kier alpha value is -1.32. The zero-order chi connectivity index (χ0) is 10.5. The molecule has 0 fully saturated rings. The Labute approximate surface area is 106 Å². The summed E-state index contributed by atoms with van der Waals surface area (Å²) in [5.41, 5.74) is 1.09. The first-order chi connectivity index (χ1) is 7.36. The number of furan rings is 1. The van der Waals surface area contributed by atoms with Crippen LogP contribution in [-0.2, 0) is 11.3 Å². The number of thiocarbonyl (C=S) groups is 1. The van der Waals surface area contributed by atoms with Crippen LogP contribution in [-0.4, -0.2) is 5.05 Å². The number of halogens is 1. The van der Waals surface area contributed by atoms with Crippen molar-refractivity contribution < 1.29 is 9.15 Å². The van der Waals surface area contributed by atoms with E-state index in [0.29, 0.717) is 17.4 Å². The van der Waals surface area contributed by atoms with Crippen molar-refractivity contribution in [1.29, 1.82) is 0 Å². The molecule has 0 unspecified atom stereocenters. The van der Waals surface area contributed by atoms with Gasteiger partial charge in [0.05, 0.1) is 6.26 Å². The van der Waals surface area contributed by atoms with Crippen LogP contribution < -0.4 is 0 Å². The zero-order valence-electron chi connectivity index (χ0n) is 8.46. The van der Waals surface area contributed by atoms with Gasteiger partial charge in [-0.1, -0.05) is 30.3 Å². The Morgan fingerprint density at radius 3 is 2.50 bits per heavy atom. The Morgan fingerprint density at radius 1 is 1.12 bits per heavy atom. The van der Waals surface area contributed by atoms with Gasteiger partial charge in [0.25, 0.3) is 0 Å². The van der Waals surface area contributed by atoms with Crippen LogP contribution in [0.1, 0.15) is 11.3 Å². The molecular formula is C12H11ClO2S. The molecular weight excluding hydrogens is 244 g/mol. The van der Waals surface area contributed by atoms with Crippen molar-refractivity contribution in [3.05, 3.63) is 60.1 Å². The fourth-order valence-corrected chi connectivity index (χ4v) is 1.36. The molecule has 2 rings (SSSR count). The fourth-order valence-electron chi connectivity index (χ4n) is 1.19. The van der Waals surface area contributed by atoms with Gasteiger partial charge in [0, 0.05) is 0 Å². The van der Waals surface area contributed by atoms with Gasteiger partial charge in [-0.3, -0.25) is 0 Å². The van der Waals surface area contributed by atoms with E-state index < -0.39 is 0 Å². The predicted octanol–water partition coefficient (Wildman–Crippen LogP) is 3.59. The summed E-state index contributed by atoms with van der Waals surface area (Å²) in [7, 11) is 0. The third-order valence-corrected chi connectivity index (χ3v) is 2.25. The van der Waals surface area contributed by atoms with E-state index in [4.69, 9.17) is 21.4 Å². The normalized spacial score (nSPS) is 9.25. The van der Waals surface area contributed by atoms with Crippen LogP contribution in [0.25, 0.3) is 0 Å². The summed E-state index contributed by atoms with van der Waals surface area (Å²) in [6.07, 6.45) is 1.58. The Balaban J connectivity index is 0.00000128. The summed E-state index contributed by atoms with van der Waals surface area (Å²) in [5, 5.41) is 0.392. The van der Waals surface area contributed by atoms with Crippen LogP contribution in [0.3, 0.4) is 0 Å². The topological polar surface area (TPSA) is 22.4 Å². The number of ether oxygens (including phenoxy) is 1. The first-order valence-corrected chi connectivity index (χ1v) is 5.01. The minimum absolute atomic E-state index is 0. The lowest BCUT2D eigenvalue weighted by atomic mass is 10.2. The standard InChI is InChI=1S/C12H10O2S.ClH/c15-12(11-7-4-8-13-11)14-9-10-5-2-1-3-6-10;/h1-8H,9H2;1H. The maximum atomic E-state index is 5.41. The van der Waals surface area contributed by atoms with E-state index in [1.807, 2.05) is 30.3 Å². The van der Waals surface area contributed by atoms with Crippen LogP contribution in [0.5, 0.6) is 0 Å². The molecule has 84 valence electrons. The highest BCUT2D eigenvalue weighted by Gasteiger charge is 2.04. The first-order valence-electron chi connectivity index (χ1n) is 4.61. The van der Waals surface area contributed by atoms with Crippen LogP contribution in [0, 0.1) is 0 Å². The summed E-state index contributed by atoms with van der Waals surface area (Å²) >= 11 is 5.06. The van der Waals surface area contributed by atoms with Gasteiger partial charge in [0.1, 0.15) is 6.61 Å². The van der Waals surface area contributed by atoms with Crippen molar-refractivity contribution in [2.24, 2.45) is 0 Å². The molecule has 0 saturated carbocycles. The summed E-state index contributed by atoms with van der Waals surface area (Å²) in [6, 6.07) is 13.5. The smallest absolute Gasteiger partial charge is 0.228 e. The van der Waals surface area contributed by atoms with Crippen molar-refractivity contribution in [1.82, 2.24) is 0 Å². The van der Waals surface area contributed by atoms with Gasteiger partial charge < -0.3 is 9.15 Å². The first kappa shape index (κ1) is 12.7. The SMILES string of the molecule is Cl.S=C(OCc1ccccc1)c1ccco1. The molecule has 0 bridgehead atoms. The van der Waals surface area contributed by atoms with E-state index in [1.165, 1.54) is 0 Å². The Kier molecular flexibility index (Phi) is 5.02. The van der Waals surface area contributed by atoms with Crippen molar-refractivity contribution in [3.8, 4) is 0 Å². The maximum absolute atomic E-state index is 5.41. The Bertz CT molecular complexity index is 426. The highest BCUT2D eigenvalue weighted by Crippen LogP contribution is 2.07. The lowest BCUT2D eigenvalue weighted by Crippen LogP contribution is -2.02. The summed E-state index contributed by atoms with van der Waals surface area (Å²) < 4.78 is 10.5. The molecule has 2 nitrogen and oxygen atoms in total. The van der Waals surface area contributed by atoms with Crippen LogP contribution >= 0.6 is 24.6 Å². The van der Waals surface area contributed by atoms with Crippen molar-refractivity contribution in [2.45, 2.75) is 6.61 Å². The molecule has 0 radical (unpaired) electrons. The third kappa shape index (κ3) is 3.36. The second kappa shape index (κ2) is 6.30. The van der Waals surface area contributed by atoms with E-state index >= 15 is 0 Å². The maximum Gasteiger partial charge on any atom is 0.228 e. The van der Waals surface area contributed by atoms with Gasteiger partial charge in [-0.15, -0.1) is 12.4 Å². The number of hydrogen-bond acceptors (Lipinski definition) is 3. The van der Waals surface area contributed by atoms with Gasteiger partial charge in [-0.2, -0.15) is 0 Å². The average Bonchev–Trinajstić information content (AvgIpc) is 2.81. The molecule has 1 aromatic carbocycles. The predicted molar refractivity (Wildman–Crippen MR) is 68.9 cm³/mol. The number of hydrogen-bond donors (Lipinski definition) is 0. The summed E-state index contributed by atoms with van der Waals surface area (Å²) in [4.78, 5) is 0. The molecule has 2 aromatic rings. The zero-order valence-corrected chi connectivity index (χ0v) is 10.1. The van der Waals surface area contributed by atoms with Crippen molar-refractivity contribution >= 4 is 29.7 Å². The molecule has 0 atom stereocenters. The van der Waals surface area contributed by atoms with Gasteiger partial charge in [-0.05, 0) is 29.9 Å². The minimum Gasteiger partial charge on any atom is -0.476 e. The quantitative estimate of drug-likeness (QED) is 0.782. The third-order valence-electron chi connectivity index (χ3n) is 1.94. The minimum atomic E-state index is 0. The summed E-state index contributed by atoms with van der Waals surface area (Å²) in [5.74, 6) is 0.598. The van der Waals surface area contributed by atoms with E-state index in [2.05, 4.69) is 0 Å². The molecule has 0 aliphatic rings. The Morgan fingerprint density at radius 2 is 1.88 bits per heavy atom. The highest BCUT2D eigenvalue weighted by molar-refractivity contribution is 7.80. The molecule has 16 heavy (non-hydrogen) atoms. The monoisotopic (exact) mass is 254 g/mol. The highest BCUT2D eigenvalue weighted by atomic mass is 35.5. The summed E-state index contributed by atoms with van der Waals surface area (Å²) in [6.45, 7) is 0.473. The molecule has 1 heterocycles. The molecule has 0 aliphatic carbocycles. The van der Waals surface area contributed by atoms with E-state index in [0.717, 1.165) is 5.56 Å². The van der Waals surface area contributed by atoms with Crippen LogP contribution in [0.2, 0.25) is 0 Å². The molecule has 0 amide bonds. The molecule has 0 N–H and O–H groups in total. The van der Waals surface area contributed by atoms with Gasteiger partial charge >= 0.3 is 0 Å². The lowest BCUT2D eigenvalue weighted by molar-refractivity contribution is 0.294. The van der Waals surface area contributed by atoms with Crippen LogP contribution in [0.4, 0.5) is 0 Å². The second-order valence-electron chi connectivity index (χ2n) is 3.04.